The Bertz CT molecular complexity index is 490. The summed E-state index contributed by atoms with van der Waals surface area (Å²) >= 11 is 0. The number of rotatable bonds is 5. The Morgan fingerprint density at radius 2 is 2.00 bits per heavy atom. The van der Waals surface area contributed by atoms with E-state index in [-0.39, 0.29) is 5.91 Å². The Balaban J connectivity index is 2.04. The predicted molar refractivity (Wildman–Crippen MR) is 79.0 cm³/mol. The minimum atomic E-state index is -0.0539. The molecule has 0 unspecified atom stereocenters. The predicted octanol–water partition coefficient (Wildman–Crippen LogP) is 2.78. The lowest BCUT2D eigenvalue weighted by molar-refractivity contribution is -0.117. The van der Waals surface area contributed by atoms with Gasteiger partial charge in [-0.3, -0.25) is 4.79 Å². The molecule has 1 aliphatic rings. The maximum Gasteiger partial charge on any atom is 0.244 e. The maximum atomic E-state index is 11.9. The van der Waals surface area contributed by atoms with E-state index in [0.717, 1.165) is 18.4 Å². The van der Waals surface area contributed by atoms with Crippen LogP contribution in [0.1, 0.15) is 31.2 Å². The van der Waals surface area contributed by atoms with Gasteiger partial charge in [-0.25, -0.2) is 0 Å². The maximum absolute atomic E-state index is 11.9. The number of methoxy groups -OCH3 is 2. The summed E-state index contributed by atoms with van der Waals surface area (Å²) in [6, 6.07) is 5.92. The van der Waals surface area contributed by atoms with Gasteiger partial charge in [-0.15, -0.1) is 0 Å². The molecule has 1 fully saturated rings. The fourth-order valence-electron chi connectivity index (χ4n) is 2.53. The summed E-state index contributed by atoms with van der Waals surface area (Å²) in [6.07, 6.45) is 7.89. The van der Waals surface area contributed by atoms with E-state index in [1.165, 1.54) is 12.8 Å². The number of amides is 1. The molecule has 1 aliphatic carbocycles. The highest BCUT2D eigenvalue weighted by Crippen LogP contribution is 2.31. The van der Waals surface area contributed by atoms with Gasteiger partial charge in [0.1, 0.15) is 0 Å². The summed E-state index contributed by atoms with van der Waals surface area (Å²) in [4.78, 5) is 11.9. The Morgan fingerprint density at radius 1 is 1.25 bits per heavy atom. The van der Waals surface area contributed by atoms with Crippen molar-refractivity contribution in [2.24, 2.45) is 0 Å². The highest BCUT2D eigenvalue weighted by atomic mass is 16.5. The second kappa shape index (κ2) is 6.98. The van der Waals surface area contributed by atoms with E-state index in [4.69, 9.17) is 9.47 Å². The lowest BCUT2D eigenvalue weighted by Crippen LogP contribution is -2.30. The van der Waals surface area contributed by atoms with E-state index in [0.29, 0.717) is 17.5 Å². The molecule has 0 aliphatic heterocycles. The van der Waals surface area contributed by atoms with Crippen LogP contribution in [0.25, 0.3) is 6.08 Å². The molecule has 108 valence electrons. The average molecular weight is 275 g/mol. The lowest BCUT2D eigenvalue weighted by Gasteiger charge is -2.11. The van der Waals surface area contributed by atoms with Gasteiger partial charge >= 0.3 is 0 Å². The molecular formula is C16H21NO3. The number of nitrogens with one attached hydrogen (secondary N) is 1. The smallest absolute Gasteiger partial charge is 0.244 e. The molecule has 1 aromatic carbocycles. The topological polar surface area (TPSA) is 47.6 Å². The molecule has 1 aromatic rings. The van der Waals surface area contributed by atoms with Crippen molar-refractivity contribution in [1.29, 1.82) is 0 Å². The number of hydrogen-bond donors (Lipinski definition) is 1. The van der Waals surface area contributed by atoms with Gasteiger partial charge in [-0.1, -0.05) is 25.0 Å². The Morgan fingerprint density at radius 3 is 2.65 bits per heavy atom. The summed E-state index contributed by atoms with van der Waals surface area (Å²) in [5.74, 6) is 1.24. The average Bonchev–Trinajstić information content (AvgIpc) is 2.97. The van der Waals surface area contributed by atoms with Gasteiger partial charge in [0, 0.05) is 17.7 Å². The van der Waals surface area contributed by atoms with Crippen molar-refractivity contribution in [3.05, 3.63) is 29.8 Å². The molecule has 0 saturated heterocycles. The van der Waals surface area contributed by atoms with Gasteiger partial charge in [0.2, 0.25) is 5.91 Å². The summed E-state index contributed by atoms with van der Waals surface area (Å²) in [5.41, 5.74) is 0.827. The molecule has 1 N–H and O–H groups in total. The van der Waals surface area contributed by atoms with E-state index in [1.54, 1.807) is 26.4 Å². The van der Waals surface area contributed by atoms with E-state index in [1.807, 2.05) is 18.2 Å². The van der Waals surface area contributed by atoms with Crippen molar-refractivity contribution < 1.29 is 14.3 Å². The van der Waals surface area contributed by atoms with Crippen LogP contribution in [0.5, 0.6) is 11.5 Å². The zero-order valence-electron chi connectivity index (χ0n) is 12.0. The second-order valence-corrected chi connectivity index (χ2v) is 4.91. The van der Waals surface area contributed by atoms with Crippen LogP contribution >= 0.6 is 0 Å². The first-order valence-corrected chi connectivity index (χ1v) is 6.94. The van der Waals surface area contributed by atoms with E-state index in [2.05, 4.69) is 5.32 Å². The lowest BCUT2D eigenvalue weighted by atomic mass is 10.1. The monoisotopic (exact) mass is 275 g/mol. The molecule has 4 heteroatoms. The van der Waals surface area contributed by atoms with Crippen LogP contribution in [0.4, 0.5) is 0 Å². The molecule has 0 radical (unpaired) electrons. The minimum Gasteiger partial charge on any atom is -0.493 e. The third kappa shape index (κ3) is 3.53. The minimum absolute atomic E-state index is 0.0539. The molecule has 4 nitrogen and oxygen atoms in total. The van der Waals surface area contributed by atoms with Crippen LogP contribution in [0.2, 0.25) is 0 Å². The number of benzene rings is 1. The normalized spacial score (nSPS) is 15.5. The molecule has 0 heterocycles. The van der Waals surface area contributed by atoms with Crippen LogP contribution in [-0.2, 0) is 4.79 Å². The quantitative estimate of drug-likeness (QED) is 0.841. The first-order chi connectivity index (χ1) is 9.74. The standard InChI is InChI=1S/C16H21NO3/c1-19-14-9-5-6-12(16(14)20-2)10-11-15(18)17-13-7-3-4-8-13/h5-6,9-11,13H,3-4,7-8H2,1-2H3,(H,17,18)/b11-10+. The van der Waals surface area contributed by atoms with Crippen molar-refractivity contribution >= 4 is 12.0 Å². The third-order valence-corrected chi connectivity index (χ3v) is 3.55. The van der Waals surface area contributed by atoms with E-state index in [9.17, 15) is 4.79 Å². The number of hydrogen-bond acceptors (Lipinski definition) is 3. The Kier molecular flexibility index (Phi) is 5.04. The SMILES string of the molecule is COc1cccc(/C=C/C(=O)NC2CCCC2)c1OC. The van der Waals surface area contributed by atoms with Gasteiger partial charge in [0.05, 0.1) is 14.2 Å². The summed E-state index contributed by atoms with van der Waals surface area (Å²) in [6.45, 7) is 0. The molecule has 0 bridgehead atoms. The molecular weight excluding hydrogens is 254 g/mol. The summed E-state index contributed by atoms with van der Waals surface area (Å²) < 4.78 is 10.6. The molecule has 0 spiro atoms. The zero-order valence-corrected chi connectivity index (χ0v) is 12.0. The fraction of sp³-hybridized carbons (Fsp3) is 0.438. The Hall–Kier alpha value is -1.97. The van der Waals surface area contributed by atoms with Crippen molar-refractivity contribution in [2.75, 3.05) is 14.2 Å². The van der Waals surface area contributed by atoms with Crippen molar-refractivity contribution in [3.63, 3.8) is 0 Å². The van der Waals surface area contributed by atoms with Crippen LogP contribution in [0.15, 0.2) is 24.3 Å². The van der Waals surface area contributed by atoms with Crippen LogP contribution in [0.3, 0.4) is 0 Å². The largest absolute Gasteiger partial charge is 0.493 e. The molecule has 2 rings (SSSR count). The van der Waals surface area contributed by atoms with Crippen molar-refractivity contribution in [2.45, 2.75) is 31.7 Å². The highest BCUT2D eigenvalue weighted by Gasteiger charge is 2.15. The van der Waals surface area contributed by atoms with Crippen molar-refractivity contribution in [3.8, 4) is 11.5 Å². The van der Waals surface area contributed by atoms with Crippen molar-refractivity contribution in [1.82, 2.24) is 5.32 Å². The van der Waals surface area contributed by atoms with Crippen LogP contribution < -0.4 is 14.8 Å². The number of para-hydroxylation sites is 1. The van der Waals surface area contributed by atoms with Gasteiger partial charge in [0.25, 0.3) is 0 Å². The summed E-state index contributed by atoms with van der Waals surface area (Å²) in [5, 5.41) is 3.02. The van der Waals surface area contributed by atoms with E-state index >= 15 is 0 Å². The van der Waals surface area contributed by atoms with Crippen LogP contribution in [0, 0.1) is 0 Å². The number of ether oxygens (including phenoxy) is 2. The number of carbonyl (C=O) groups is 1. The fourth-order valence-corrected chi connectivity index (χ4v) is 2.53. The molecule has 1 saturated carbocycles. The highest BCUT2D eigenvalue weighted by molar-refractivity contribution is 5.92. The van der Waals surface area contributed by atoms with Gasteiger partial charge in [-0.2, -0.15) is 0 Å². The first-order valence-electron chi connectivity index (χ1n) is 6.94. The molecule has 0 atom stereocenters. The summed E-state index contributed by atoms with van der Waals surface area (Å²) in [7, 11) is 3.19. The molecule has 0 aromatic heterocycles. The second-order valence-electron chi connectivity index (χ2n) is 4.91. The third-order valence-electron chi connectivity index (χ3n) is 3.55. The molecule has 1 amide bonds. The van der Waals surface area contributed by atoms with Gasteiger partial charge in [0.15, 0.2) is 11.5 Å². The van der Waals surface area contributed by atoms with Gasteiger partial charge in [-0.05, 0) is 25.0 Å². The first kappa shape index (κ1) is 14.4. The van der Waals surface area contributed by atoms with E-state index < -0.39 is 0 Å². The molecule has 20 heavy (non-hydrogen) atoms. The van der Waals surface area contributed by atoms with Crippen LogP contribution in [-0.4, -0.2) is 26.2 Å². The zero-order chi connectivity index (χ0) is 14.4. The van der Waals surface area contributed by atoms with Gasteiger partial charge < -0.3 is 14.8 Å². The Labute approximate surface area is 119 Å². The number of carbonyl (C=O) groups excluding carboxylic acids is 1.